The molecule has 0 saturated heterocycles. The Morgan fingerprint density at radius 1 is 1.13 bits per heavy atom. The molecular formula is C13H16Cl2. The fourth-order valence-corrected chi connectivity index (χ4v) is 2.33. The minimum absolute atomic E-state index is 0.105. The van der Waals surface area contributed by atoms with Crippen LogP contribution in [-0.4, -0.2) is 10.8 Å². The molecule has 0 nitrogen and oxygen atoms in total. The Hall–Kier alpha value is -0.460. The van der Waals surface area contributed by atoms with Crippen LogP contribution < -0.4 is 0 Å². The molecule has 0 fully saturated rings. The van der Waals surface area contributed by atoms with E-state index in [4.69, 9.17) is 23.2 Å². The van der Waals surface area contributed by atoms with Crippen LogP contribution in [0.5, 0.6) is 0 Å². The predicted molar refractivity (Wildman–Crippen MR) is 68.9 cm³/mol. The first kappa shape index (κ1) is 12.6. The Balaban J connectivity index is 2.36. The van der Waals surface area contributed by atoms with Gasteiger partial charge in [-0.3, -0.25) is 0 Å². The third-order valence-electron chi connectivity index (χ3n) is 2.23. The molecule has 0 amide bonds. The average molecular weight is 243 g/mol. The van der Waals surface area contributed by atoms with Crippen molar-refractivity contribution in [2.45, 2.75) is 30.0 Å². The van der Waals surface area contributed by atoms with Gasteiger partial charge in [0.1, 0.15) is 0 Å². The highest BCUT2D eigenvalue weighted by Gasteiger charge is 2.11. The second-order valence-corrected chi connectivity index (χ2v) is 4.88. The van der Waals surface area contributed by atoms with Gasteiger partial charge in [0.2, 0.25) is 0 Å². The molecule has 1 aromatic carbocycles. The molecule has 82 valence electrons. The zero-order chi connectivity index (χ0) is 11.1. The predicted octanol–water partition coefficient (Wildman–Crippen LogP) is 4.41. The maximum Gasteiger partial charge on any atom is 0.0390 e. The summed E-state index contributed by atoms with van der Waals surface area (Å²) in [7, 11) is 0. The zero-order valence-electron chi connectivity index (χ0n) is 8.70. The van der Waals surface area contributed by atoms with Crippen LogP contribution >= 0.6 is 23.2 Å². The Kier molecular flexibility index (Phi) is 5.82. The minimum atomic E-state index is 0.105. The lowest BCUT2D eigenvalue weighted by molar-refractivity contribution is 0.703. The Morgan fingerprint density at radius 2 is 1.80 bits per heavy atom. The molecule has 0 aromatic heterocycles. The number of alkyl halides is 2. The van der Waals surface area contributed by atoms with Crippen molar-refractivity contribution in [1.29, 1.82) is 0 Å². The summed E-state index contributed by atoms with van der Waals surface area (Å²) in [6, 6.07) is 10.2. The summed E-state index contributed by atoms with van der Waals surface area (Å²) in [6.45, 7) is 3.66. The number of hydrogen-bond donors (Lipinski definition) is 0. The van der Waals surface area contributed by atoms with E-state index in [0.717, 1.165) is 19.3 Å². The monoisotopic (exact) mass is 242 g/mol. The van der Waals surface area contributed by atoms with Crippen molar-refractivity contribution >= 4 is 23.2 Å². The molecule has 0 aliphatic heterocycles. The number of rotatable bonds is 6. The van der Waals surface area contributed by atoms with Crippen LogP contribution in [0.25, 0.3) is 0 Å². The van der Waals surface area contributed by atoms with Crippen molar-refractivity contribution in [2.24, 2.45) is 0 Å². The molecule has 0 bridgehead atoms. The highest BCUT2D eigenvalue weighted by Crippen LogP contribution is 2.18. The van der Waals surface area contributed by atoms with Crippen LogP contribution in [0.2, 0.25) is 0 Å². The number of halogens is 2. The molecular weight excluding hydrogens is 227 g/mol. The van der Waals surface area contributed by atoms with Gasteiger partial charge < -0.3 is 0 Å². The second-order valence-electron chi connectivity index (χ2n) is 3.64. The average Bonchev–Trinajstić information content (AvgIpc) is 2.19. The van der Waals surface area contributed by atoms with Crippen LogP contribution in [0.3, 0.4) is 0 Å². The minimum Gasteiger partial charge on any atom is -0.123 e. The van der Waals surface area contributed by atoms with E-state index in [1.165, 1.54) is 5.56 Å². The molecule has 2 heteroatoms. The summed E-state index contributed by atoms with van der Waals surface area (Å²) < 4.78 is 0. The Bertz CT molecular complexity index is 282. The normalized spacial score (nSPS) is 14.5. The van der Waals surface area contributed by atoms with Gasteiger partial charge >= 0.3 is 0 Å². The molecule has 15 heavy (non-hydrogen) atoms. The van der Waals surface area contributed by atoms with Crippen molar-refractivity contribution in [3.8, 4) is 0 Å². The van der Waals surface area contributed by atoms with Crippen LogP contribution in [0.1, 0.15) is 18.4 Å². The van der Waals surface area contributed by atoms with Gasteiger partial charge in [-0.1, -0.05) is 36.4 Å². The largest absolute Gasteiger partial charge is 0.123 e. The molecule has 0 heterocycles. The van der Waals surface area contributed by atoms with Crippen LogP contribution in [0.15, 0.2) is 43.0 Å². The summed E-state index contributed by atoms with van der Waals surface area (Å²) >= 11 is 12.3. The standard InChI is InChI=1S/C13H16Cl2/c1-2-6-12(14)10-13(15)9-11-7-4-3-5-8-11/h2-5,7-8,12-13H,1,6,9-10H2/t12-,13-/m0/s1. The van der Waals surface area contributed by atoms with E-state index < -0.39 is 0 Å². The summed E-state index contributed by atoms with van der Waals surface area (Å²) in [4.78, 5) is 0. The first-order valence-corrected chi connectivity index (χ1v) is 6.02. The van der Waals surface area contributed by atoms with Gasteiger partial charge in [-0.15, -0.1) is 29.8 Å². The molecule has 0 saturated carbocycles. The lowest BCUT2D eigenvalue weighted by Crippen LogP contribution is -2.10. The third kappa shape index (κ3) is 5.25. The zero-order valence-corrected chi connectivity index (χ0v) is 10.2. The number of allylic oxidation sites excluding steroid dienone is 1. The Morgan fingerprint density at radius 3 is 2.40 bits per heavy atom. The van der Waals surface area contributed by atoms with E-state index in [1.807, 2.05) is 24.3 Å². The summed E-state index contributed by atoms with van der Waals surface area (Å²) in [6.07, 6.45) is 4.36. The van der Waals surface area contributed by atoms with Gasteiger partial charge in [0.25, 0.3) is 0 Å². The van der Waals surface area contributed by atoms with E-state index in [-0.39, 0.29) is 10.8 Å². The van der Waals surface area contributed by atoms with Crippen molar-refractivity contribution in [1.82, 2.24) is 0 Å². The van der Waals surface area contributed by atoms with Gasteiger partial charge in [0, 0.05) is 10.8 Å². The highest BCUT2D eigenvalue weighted by molar-refractivity contribution is 6.23. The van der Waals surface area contributed by atoms with Gasteiger partial charge in [0.05, 0.1) is 0 Å². The van der Waals surface area contributed by atoms with Crippen molar-refractivity contribution in [2.75, 3.05) is 0 Å². The van der Waals surface area contributed by atoms with E-state index in [0.29, 0.717) is 0 Å². The molecule has 0 spiro atoms. The number of benzene rings is 1. The van der Waals surface area contributed by atoms with Gasteiger partial charge in [-0.25, -0.2) is 0 Å². The van der Waals surface area contributed by atoms with Crippen molar-refractivity contribution < 1.29 is 0 Å². The molecule has 1 aromatic rings. The van der Waals surface area contributed by atoms with E-state index in [1.54, 1.807) is 0 Å². The van der Waals surface area contributed by atoms with E-state index >= 15 is 0 Å². The maximum absolute atomic E-state index is 6.23. The van der Waals surface area contributed by atoms with Crippen molar-refractivity contribution in [3.63, 3.8) is 0 Å². The third-order valence-corrected chi connectivity index (χ3v) is 2.92. The molecule has 0 N–H and O–H groups in total. The summed E-state index contributed by atoms with van der Waals surface area (Å²) in [5, 5.41) is 0.212. The quantitative estimate of drug-likeness (QED) is 0.512. The molecule has 0 radical (unpaired) electrons. The first-order valence-electron chi connectivity index (χ1n) is 5.15. The lowest BCUT2D eigenvalue weighted by atomic mass is 10.1. The molecule has 2 atom stereocenters. The first-order chi connectivity index (χ1) is 7.22. The SMILES string of the molecule is C=CC[C@H](Cl)C[C@@H](Cl)Cc1ccccc1. The van der Waals surface area contributed by atoms with Crippen LogP contribution in [-0.2, 0) is 6.42 Å². The highest BCUT2D eigenvalue weighted by atomic mass is 35.5. The fourth-order valence-electron chi connectivity index (χ4n) is 1.51. The van der Waals surface area contributed by atoms with Gasteiger partial charge in [0.15, 0.2) is 0 Å². The van der Waals surface area contributed by atoms with E-state index in [2.05, 4.69) is 18.7 Å². The maximum atomic E-state index is 6.23. The van der Waals surface area contributed by atoms with E-state index in [9.17, 15) is 0 Å². The molecule has 0 aliphatic carbocycles. The molecule has 1 rings (SSSR count). The molecule has 0 aliphatic rings. The smallest absolute Gasteiger partial charge is 0.0390 e. The second kappa shape index (κ2) is 6.92. The molecule has 0 unspecified atom stereocenters. The Labute approximate surface area is 102 Å². The fraction of sp³-hybridized carbons (Fsp3) is 0.385. The van der Waals surface area contributed by atoms with Gasteiger partial charge in [-0.05, 0) is 24.8 Å². The van der Waals surface area contributed by atoms with Gasteiger partial charge in [-0.2, -0.15) is 0 Å². The van der Waals surface area contributed by atoms with Crippen LogP contribution in [0, 0.1) is 0 Å². The summed E-state index contributed by atoms with van der Waals surface area (Å²) in [5.41, 5.74) is 1.26. The lowest BCUT2D eigenvalue weighted by Gasteiger charge is -2.12. The van der Waals surface area contributed by atoms with Crippen LogP contribution in [0.4, 0.5) is 0 Å². The van der Waals surface area contributed by atoms with Crippen molar-refractivity contribution in [3.05, 3.63) is 48.6 Å². The number of hydrogen-bond acceptors (Lipinski definition) is 0. The topological polar surface area (TPSA) is 0 Å². The summed E-state index contributed by atoms with van der Waals surface area (Å²) in [5.74, 6) is 0.